The maximum absolute atomic E-state index is 13.2. The van der Waals surface area contributed by atoms with Crippen molar-refractivity contribution in [3.05, 3.63) is 29.8 Å². The molecule has 0 radical (unpaired) electrons. The molecular weight excluding hydrogens is 278 g/mol. The number of carbonyl (C=O) groups is 1. The fraction of sp³-hybridized carbons (Fsp3) is 0.400. The smallest absolute Gasteiger partial charge is 0.315 e. The quantitative estimate of drug-likeness (QED) is 0.842. The Labute approximate surface area is 122 Å². The predicted octanol–water partition coefficient (Wildman–Crippen LogP) is 2.44. The molecule has 1 aromatic rings. The van der Waals surface area contributed by atoms with Crippen molar-refractivity contribution in [2.75, 3.05) is 13.2 Å². The van der Waals surface area contributed by atoms with Crippen LogP contribution in [0.25, 0.3) is 0 Å². The Kier molecular flexibility index (Phi) is 5.97. The summed E-state index contributed by atoms with van der Waals surface area (Å²) >= 11 is 0. The molecule has 0 saturated heterocycles. The fourth-order valence-corrected chi connectivity index (χ4v) is 1.33. The van der Waals surface area contributed by atoms with Gasteiger partial charge in [0.1, 0.15) is 12.4 Å². The third kappa shape index (κ3) is 7.16. The van der Waals surface area contributed by atoms with E-state index >= 15 is 0 Å². The molecule has 0 fully saturated rings. The molecule has 6 heteroatoms. The van der Waals surface area contributed by atoms with Crippen LogP contribution in [0.3, 0.4) is 0 Å². The number of hydrogen-bond donors (Lipinski definition) is 2. The summed E-state index contributed by atoms with van der Waals surface area (Å²) in [4.78, 5) is 11.4. The molecule has 0 atom stereocenters. The first-order chi connectivity index (χ1) is 9.78. The van der Waals surface area contributed by atoms with Gasteiger partial charge in [-0.25, -0.2) is 13.6 Å². The number of nitrogens with one attached hydrogen (secondary N) is 2. The van der Waals surface area contributed by atoms with Gasteiger partial charge in [0.05, 0.1) is 6.54 Å². The third-order valence-electron chi connectivity index (χ3n) is 2.14. The highest BCUT2D eigenvalue weighted by molar-refractivity contribution is 5.74. The molecule has 1 rings (SSSR count). The summed E-state index contributed by atoms with van der Waals surface area (Å²) in [7, 11) is 0. The lowest BCUT2D eigenvalue weighted by atomic mass is 10.1. The van der Waals surface area contributed by atoms with E-state index in [2.05, 4.69) is 22.5 Å². The molecule has 0 bridgehead atoms. The van der Waals surface area contributed by atoms with Crippen molar-refractivity contribution in [1.29, 1.82) is 0 Å². The number of amides is 2. The largest absolute Gasteiger partial charge is 0.478 e. The number of carbonyl (C=O) groups excluding carboxylic acids is 1. The number of urea groups is 1. The lowest BCUT2D eigenvalue weighted by Crippen LogP contribution is -2.46. The van der Waals surface area contributed by atoms with Crippen LogP contribution in [0.5, 0.6) is 5.75 Å². The molecule has 0 spiro atoms. The summed E-state index contributed by atoms with van der Waals surface area (Å²) in [6, 6.07) is 2.72. The molecule has 0 unspecified atom stereocenters. The molecule has 0 aliphatic rings. The van der Waals surface area contributed by atoms with Gasteiger partial charge in [-0.05, 0) is 32.9 Å². The minimum absolute atomic E-state index is 0.0505. The average molecular weight is 296 g/mol. The van der Waals surface area contributed by atoms with E-state index in [1.165, 1.54) is 6.07 Å². The Morgan fingerprint density at radius 2 is 2.00 bits per heavy atom. The number of halogens is 2. The van der Waals surface area contributed by atoms with Crippen molar-refractivity contribution in [1.82, 2.24) is 10.6 Å². The maximum atomic E-state index is 13.2. The molecule has 0 saturated carbocycles. The standard InChI is InChI=1S/C15H18F2N2O2/c1-15(2,3)19-14(20)18-8-4-5-9-21-13-7-6-11(16)10-12(13)17/h6-7,10H,8-9H2,1-3H3,(H2,18,19,20). The highest BCUT2D eigenvalue weighted by Crippen LogP contribution is 2.17. The summed E-state index contributed by atoms with van der Waals surface area (Å²) in [5.41, 5.74) is -0.319. The Morgan fingerprint density at radius 3 is 2.62 bits per heavy atom. The minimum Gasteiger partial charge on any atom is -0.478 e. The van der Waals surface area contributed by atoms with E-state index in [1.54, 1.807) is 0 Å². The van der Waals surface area contributed by atoms with Crippen LogP contribution in [0.1, 0.15) is 20.8 Å². The van der Waals surface area contributed by atoms with Gasteiger partial charge in [0.2, 0.25) is 0 Å². The minimum atomic E-state index is -0.778. The van der Waals surface area contributed by atoms with Crippen LogP contribution in [0.15, 0.2) is 18.2 Å². The normalized spacial score (nSPS) is 10.3. The molecule has 0 aromatic heterocycles. The van der Waals surface area contributed by atoms with Crippen LogP contribution in [0, 0.1) is 23.5 Å². The SMILES string of the molecule is CC(C)(C)NC(=O)NCC#CCOc1ccc(F)cc1F. The van der Waals surface area contributed by atoms with Crippen molar-refractivity contribution < 1.29 is 18.3 Å². The first-order valence-corrected chi connectivity index (χ1v) is 6.37. The monoisotopic (exact) mass is 296 g/mol. The second-order valence-electron chi connectivity index (χ2n) is 5.27. The second kappa shape index (κ2) is 7.48. The Balaban J connectivity index is 2.29. The van der Waals surface area contributed by atoms with Gasteiger partial charge >= 0.3 is 6.03 Å². The van der Waals surface area contributed by atoms with Gasteiger partial charge in [-0.2, -0.15) is 0 Å². The van der Waals surface area contributed by atoms with Crippen LogP contribution in [0.2, 0.25) is 0 Å². The Hall–Kier alpha value is -2.29. The van der Waals surface area contributed by atoms with Crippen LogP contribution >= 0.6 is 0 Å². The molecule has 2 N–H and O–H groups in total. The van der Waals surface area contributed by atoms with Crippen molar-refractivity contribution in [3.63, 3.8) is 0 Å². The first-order valence-electron chi connectivity index (χ1n) is 6.37. The van der Waals surface area contributed by atoms with Crippen molar-refractivity contribution in [2.24, 2.45) is 0 Å². The summed E-state index contributed by atoms with van der Waals surface area (Å²) in [5, 5.41) is 5.27. The molecule has 0 aliphatic heterocycles. The van der Waals surface area contributed by atoms with Crippen LogP contribution in [-0.2, 0) is 0 Å². The topological polar surface area (TPSA) is 50.4 Å². The Bertz CT molecular complexity index is 557. The Morgan fingerprint density at radius 1 is 1.29 bits per heavy atom. The average Bonchev–Trinajstić information content (AvgIpc) is 2.33. The number of benzene rings is 1. The molecule has 4 nitrogen and oxygen atoms in total. The lowest BCUT2D eigenvalue weighted by Gasteiger charge is -2.20. The van der Waals surface area contributed by atoms with E-state index in [1.807, 2.05) is 20.8 Å². The maximum Gasteiger partial charge on any atom is 0.315 e. The van der Waals surface area contributed by atoms with E-state index in [4.69, 9.17) is 4.74 Å². The van der Waals surface area contributed by atoms with E-state index in [0.717, 1.165) is 12.1 Å². The van der Waals surface area contributed by atoms with E-state index < -0.39 is 11.6 Å². The molecule has 114 valence electrons. The third-order valence-corrected chi connectivity index (χ3v) is 2.14. The van der Waals surface area contributed by atoms with E-state index in [9.17, 15) is 13.6 Å². The zero-order valence-electron chi connectivity index (χ0n) is 12.2. The van der Waals surface area contributed by atoms with Gasteiger partial charge in [-0.1, -0.05) is 11.8 Å². The van der Waals surface area contributed by atoms with Crippen molar-refractivity contribution in [3.8, 4) is 17.6 Å². The molecule has 2 amide bonds. The van der Waals surface area contributed by atoms with Crippen LogP contribution in [-0.4, -0.2) is 24.7 Å². The predicted molar refractivity (Wildman–Crippen MR) is 75.9 cm³/mol. The van der Waals surface area contributed by atoms with E-state index in [-0.39, 0.29) is 30.5 Å². The summed E-state index contributed by atoms with van der Waals surface area (Å²) in [6.07, 6.45) is 0. The second-order valence-corrected chi connectivity index (χ2v) is 5.27. The van der Waals surface area contributed by atoms with Gasteiger partial charge < -0.3 is 15.4 Å². The first kappa shape index (κ1) is 16.8. The molecule has 1 aromatic carbocycles. The highest BCUT2D eigenvalue weighted by atomic mass is 19.1. The van der Waals surface area contributed by atoms with Gasteiger partial charge in [0, 0.05) is 11.6 Å². The summed E-state index contributed by atoms with van der Waals surface area (Å²) in [5.74, 6) is 3.77. The van der Waals surface area contributed by atoms with Gasteiger partial charge in [-0.15, -0.1) is 0 Å². The molecular formula is C15H18F2N2O2. The fourth-order valence-electron chi connectivity index (χ4n) is 1.33. The lowest BCUT2D eigenvalue weighted by molar-refractivity contribution is 0.233. The number of ether oxygens (including phenoxy) is 1. The zero-order chi connectivity index (χ0) is 15.9. The van der Waals surface area contributed by atoms with Crippen LogP contribution in [0.4, 0.5) is 13.6 Å². The van der Waals surface area contributed by atoms with Crippen LogP contribution < -0.4 is 15.4 Å². The zero-order valence-corrected chi connectivity index (χ0v) is 12.2. The van der Waals surface area contributed by atoms with Crippen molar-refractivity contribution in [2.45, 2.75) is 26.3 Å². The summed E-state index contributed by atoms with van der Waals surface area (Å²) < 4.78 is 30.9. The molecule has 0 aliphatic carbocycles. The molecule has 0 heterocycles. The van der Waals surface area contributed by atoms with Gasteiger partial charge in [0.25, 0.3) is 0 Å². The number of rotatable bonds is 3. The van der Waals surface area contributed by atoms with Crippen molar-refractivity contribution >= 4 is 6.03 Å². The summed E-state index contributed by atoms with van der Waals surface area (Å²) in [6.45, 7) is 5.69. The molecule has 21 heavy (non-hydrogen) atoms. The van der Waals surface area contributed by atoms with Gasteiger partial charge in [0.15, 0.2) is 11.6 Å². The number of hydrogen-bond acceptors (Lipinski definition) is 2. The van der Waals surface area contributed by atoms with Gasteiger partial charge in [-0.3, -0.25) is 0 Å². The highest BCUT2D eigenvalue weighted by Gasteiger charge is 2.12. The van der Waals surface area contributed by atoms with E-state index in [0.29, 0.717) is 0 Å².